The summed E-state index contributed by atoms with van der Waals surface area (Å²) in [6.07, 6.45) is 0.511. The first-order chi connectivity index (χ1) is 14.7. The van der Waals surface area contributed by atoms with E-state index in [1.807, 2.05) is 60.7 Å². The maximum absolute atomic E-state index is 12.4. The molecular formula is C22H22ClN5O2. The number of hydrogen-bond donors (Lipinski definition) is 4. The Hall–Kier alpha value is -3.29. The number of nitrogens with zero attached hydrogens (tertiary/aromatic N) is 2. The molecule has 2 heterocycles. The zero-order chi connectivity index (χ0) is 20.9. The van der Waals surface area contributed by atoms with Gasteiger partial charge in [0.05, 0.1) is 22.0 Å². The third kappa shape index (κ3) is 4.03. The highest BCUT2D eigenvalue weighted by molar-refractivity contribution is 6.40. The summed E-state index contributed by atoms with van der Waals surface area (Å²) in [5, 5.41) is 18.5. The first kappa shape index (κ1) is 20.0. The summed E-state index contributed by atoms with van der Waals surface area (Å²) in [5.74, 6) is 0.391. The third-order valence-electron chi connectivity index (χ3n) is 4.77. The van der Waals surface area contributed by atoms with Crippen LogP contribution < -0.4 is 16.2 Å². The number of halogens is 1. The van der Waals surface area contributed by atoms with E-state index in [0.717, 1.165) is 22.4 Å². The lowest BCUT2D eigenvalue weighted by atomic mass is 10.0. The second kappa shape index (κ2) is 9.02. The molecule has 0 aliphatic carbocycles. The normalized spacial score (nSPS) is 15.4. The van der Waals surface area contributed by atoms with Crippen molar-refractivity contribution < 1.29 is 9.90 Å². The molecule has 0 spiro atoms. The quantitative estimate of drug-likeness (QED) is 0.513. The molecule has 1 amide bonds. The summed E-state index contributed by atoms with van der Waals surface area (Å²) in [7, 11) is 0. The highest BCUT2D eigenvalue weighted by Gasteiger charge is 2.35. The van der Waals surface area contributed by atoms with Crippen LogP contribution in [0, 0.1) is 0 Å². The van der Waals surface area contributed by atoms with Crippen LogP contribution in [0.4, 0.5) is 0 Å². The van der Waals surface area contributed by atoms with Crippen LogP contribution in [0.3, 0.4) is 0 Å². The molecule has 2 aromatic carbocycles. The molecule has 0 unspecified atom stereocenters. The minimum Gasteiger partial charge on any atom is -0.396 e. The topological polar surface area (TPSA) is 89.0 Å². The van der Waals surface area contributed by atoms with Crippen LogP contribution in [0.1, 0.15) is 17.5 Å². The number of carbonyl (C=O) groups excluding carboxylic acids is 1. The van der Waals surface area contributed by atoms with Gasteiger partial charge in [-0.2, -0.15) is 5.10 Å². The van der Waals surface area contributed by atoms with Gasteiger partial charge in [-0.05, 0) is 6.42 Å². The Morgan fingerprint density at radius 1 is 1.07 bits per heavy atom. The van der Waals surface area contributed by atoms with Crippen molar-refractivity contribution >= 4 is 34.7 Å². The Bertz CT molecular complexity index is 1020. The predicted molar refractivity (Wildman–Crippen MR) is 118 cm³/mol. The average Bonchev–Trinajstić information content (AvgIpc) is 3.14. The number of amidine groups is 1. The van der Waals surface area contributed by atoms with Crippen molar-refractivity contribution in [1.82, 2.24) is 21.2 Å². The van der Waals surface area contributed by atoms with E-state index in [4.69, 9.17) is 16.7 Å². The molecule has 4 rings (SSSR count). The van der Waals surface area contributed by atoms with Gasteiger partial charge in [-0.1, -0.05) is 72.3 Å². The van der Waals surface area contributed by atoms with Gasteiger partial charge in [0, 0.05) is 24.3 Å². The van der Waals surface area contributed by atoms with Gasteiger partial charge in [-0.3, -0.25) is 20.7 Å². The van der Waals surface area contributed by atoms with Crippen LogP contribution in [-0.2, 0) is 4.79 Å². The van der Waals surface area contributed by atoms with Crippen molar-refractivity contribution in [3.63, 3.8) is 0 Å². The van der Waals surface area contributed by atoms with Gasteiger partial charge in [-0.15, -0.1) is 0 Å². The predicted octanol–water partition coefficient (Wildman–Crippen LogP) is 2.24. The lowest BCUT2D eigenvalue weighted by molar-refractivity contribution is -0.121. The summed E-state index contributed by atoms with van der Waals surface area (Å²) >= 11 is 6.85. The number of fused-ring (bicyclic) bond motifs is 1. The van der Waals surface area contributed by atoms with E-state index in [2.05, 4.69) is 21.3 Å². The van der Waals surface area contributed by atoms with Crippen molar-refractivity contribution in [3.8, 4) is 0 Å². The Balaban J connectivity index is 1.73. The first-order valence-corrected chi connectivity index (χ1v) is 10.1. The molecule has 154 valence electrons. The number of amides is 1. The van der Waals surface area contributed by atoms with Crippen molar-refractivity contribution in [2.75, 3.05) is 19.7 Å². The van der Waals surface area contributed by atoms with Gasteiger partial charge >= 0.3 is 0 Å². The fraction of sp³-hybridized carbons (Fsp3) is 0.182. The Kier molecular flexibility index (Phi) is 6.02. The summed E-state index contributed by atoms with van der Waals surface area (Å²) in [6, 6.07) is 19.5. The molecule has 2 aliphatic rings. The summed E-state index contributed by atoms with van der Waals surface area (Å²) in [4.78, 5) is 12.4. The van der Waals surface area contributed by atoms with Gasteiger partial charge in [0.25, 0.3) is 0 Å². The van der Waals surface area contributed by atoms with Gasteiger partial charge in [0.2, 0.25) is 5.91 Å². The van der Waals surface area contributed by atoms with Crippen LogP contribution in [0.2, 0.25) is 0 Å². The molecule has 2 aliphatic heterocycles. The Morgan fingerprint density at radius 3 is 2.40 bits per heavy atom. The smallest absolute Gasteiger partial charge is 0.241 e. The Labute approximate surface area is 179 Å². The van der Waals surface area contributed by atoms with Gasteiger partial charge in [0.1, 0.15) is 6.54 Å². The average molecular weight is 424 g/mol. The number of aliphatic hydroxyl groups excluding tert-OH is 1. The number of benzene rings is 2. The molecule has 0 saturated heterocycles. The first-order valence-electron chi connectivity index (χ1n) is 9.70. The fourth-order valence-corrected chi connectivity index (χ4v) is 3.71. The molecule has 4 N–H and O–H groups in total. The highest BCUT2D eigenvalue weighted by atomic mass is 35.5. The zero-order valence-corrected chi connectivity index (χ0v) is 17.0. The number of aliphatic hydroxyl groups is 1. The van der Waals surface area contributed by atoms with Gasteiger partial charge < -0.3 is 10.4 Å². The van der Waals surface area contributed by atoms with Gasteiger partial charge in [0.15, 0.2) is 5.84 Å². The van der Waals surface area contributed by atoms with E-state index in [-0.39, 0.29) is 19.1 Å². The highest BCUT2D eigenvalue weighted by Crippen LogP contribution is 2.38. The van der Waals surface area contributed by atoms with Crippen LogP contribution in [0.15, 0.2) is 76.4 Å². The standard InChI is InChI=1S/C22H22ClN5O2/c23-19-18-21(16-10-5-2-6-11-16)28(14-17(30)24-12-7-13-29)27-22(18)26-25-20(19)15-8-3-1-4-9-15/h1-6,8-11,25,29H,7,12-14H2,(H,24,30)(H,26,27). The molecule has 0 atom stereocenters. The van der Waals surface area contributed by atoms with E-state index >= 15 is 0 Å². The van der Waals surface area contributed by atoms with Crippen molar-refractivity contribution in [2.45, 2.75) is 6.42 Å². The van der Waals surface area contributed by atoms with Crippen molar-refractivity contribution in [3.05, 3.63) is 82.4 Å². The minimum absolute atomic E-state index is 0.0344. The number of hydrazone groups is 1. The van der Waals surface area contributed by atoms with Crippen molar-refractivity contribution in [1.29, 1.82) is 0 Å². The Morgan fingerprint density at radius 2 is 1.73 bits per heavy atom. The van der Waals surface area contributed by atoms with E-state index in [9.17, 15) is 4.79 Å². The number of carbonyl (C=O) groups is 1. The molecule has 0 radical (unpaired) electrons. The molecule has 30 heavy (non-hydrogen) atoms. The lowest BCUT2D eigenvalue weighted by Gasteiger charge is -2.22. The van der Waals surface area contributed by atoms with E-state index in [0.29, 0.717) is 29.5 Å². The van der Waals surface area contributed by atoms with E-state index < -0.39 is 0 Å². The molecule has 0 fully saturated rings. The van der Waals surface area contributed by atoms with Crippen LogP contribution in [0.25, 0.3) is 11.4 Å². The van der Waals surface area contributed by atoms with E-state index in [1.165, 1.54) is 0 Å². The third-order valence-corrected chi connectivity index (χ3v) is 5.15. The minimum atomic E-state index is -0.166. The second-order valence-electron chi connectivity index (χ2n) is 6.84. The zero-order valence-electron chi connectivity index (χ0n) is 16.2. The van der Waals surface area contributed by atoms with E-state index in [1.54, 1.807) is 5.01 Å². The maximum atomic E-state index is 12.4. The molecule has 0 saturated carbocycles. The van der Waals surface area contributed by atoms with Crippen LogP contribution in [-0.4, -0.2) is 41.6 Å². The molecule has 7 nitrogen and oxygen atoms in total. The number of rotatable bonds is 7. The maximum Gasteiger partial charge on any atom is 0.241 e. The number of nitrogens with one attached hydrogen (secondary N) is 3. The largest absolute Gasteiger partial charge is 0.396 e. The molecular weight excluding hydrogens is 402 g/mol. The number of hydrazine groups is 1. The SMILES string of the molecule is O=C(CN1NC2=NNC(c3ccccc3)=C(Cl)C2=C1c1ccccc1)NCCCO. The van der Waals surface area contributed by atoms with Crippen LogP contribution >= 0.6 is 11.6 Å². The van der Waals surface area contributed by atoms with Crippen molar-refractivity contribution in [2.24, 2.45) is 5.10 Å². The van der Waals surface area contributed by atoms with Crippen LogP contribution in [0.5, 0.6) is 0 Å². The molecule has 0 bridgehead atoms. The molecule has 0 aromatic heterocycles. The van der Waals surface area contributed by atoms with Gasteiger partial charge in [-0.25, -0.2) is 0 Å². The number of hydrogen-bond acceptors (Lipinski definition) is 6. The summed E-state index contributed by atoms with van der Waals surface area (Å²) < 4.78 is 0. The molecule has 2 aromatic rings. The second-order valence-corrected chi connectivity index (χ2v) is 7.22. The fourth-order valence-electron chi connectivity index (χ4n) is 3.38. The summed E-state index contributed by atoms with van der Waals surface area (Å²) in [5.41, 5.74) is 10.3. The monoisotopic (exact) mass is 423 g/mol. The molecule has 8 heteroatoms. The summed E-state index contributed by atoms with van der Waals surface area (Å²) in [6.45, 7) is 0.525. The lowest BCUT2D eigenvalue weighted by Crippen LogP contribution is -2.43.